The topological polar surface area (TPSA) is 116 Å². The monoisotopic (exact) mass is 440 g/mol. The molecule has 0 bridgehead atoms. The molecule has 4 aromatic rings. The lowest BCUT2D eigenvalue weighted by atomic mass is 10.1. The fourth-order valence-electron chi connectivity index (χ4n) is 3.50. The van der Waals surface area contributed by atoms with Gasteiger partial charge >= 0.3 is 0 Å². The Morgan fingerprint density at radius 3 is 2.30 bits per heavy atom. The highest BCUT2D eigenvalue weighted by Crippen LogP contribution is 2.25. The number of nitrogen functional groups attached to an aromatic ring is 1. The van der Waals surface area contributed by atoms with E-state index in [1.807, 2.05) is 61.6 Å². The molecule has 0 radical (unpaired) electrons. The van der Waals surface area contributed by atoms with E-state index in [2.05, 4.69) is 44.2 Å². The second kappa shape index (κ2) is 8.01. The molecule has 2 aromatic carbocycles. The van der Waals surface area contributed by atoms with Crippen molar-refractivity contribution in [2.75, 3.05) is 17.7 Å². The molecule has 0 aliphatic carbocycles. The summed E-state index contributed by atoms with van der Waals surface area (Å²) in [5.41, 5.74) is 9.97. The van der Waals surface area contributed by atoms with E-state index in [0.29, 0.717) is 24.3 Å². The lowest BCUT2D eigenvalue weighted by Gasteiger charge is -2.07. The maximum Gasteiger partial charge on any atom is 0.225 e. The zero-order valence-electron chi connectivity index (χ0n) is 18.6. The van der Waals surface area contributed by atoms with Crippen molar-refractivity contribution < 1.29 is 4.74 Å². The van der Waals surface area contributed by atoms with Crippen molar-refractivity contribution >= 4 is 23.5 Å². The molecule has 5 rings (SSSR count). The number of nitrogens with one attached hydrogen (secondary N) is 1. The van der Waals surface area contributed by atoms with E-state index >= 15 is 0 Å². The Labute approximate surface area is 191 Å². The summed E-state index contributed by atoms with van der Waals surface area (Å²) in [7, 11) is 1.86. The van der Waals surface area contributed by atoms with Crippen LogP contribution in [-0.2, 0) is 11.8 Å². The first-order valence-electron chi connectivity index (χ1n) is 10.6. The number of anilines is 3. The highest BCUT2D eigenvalue weighted by atomic mass is 16.5. The van der Waals surface area contributed by atoms with Crippen LogP contribution in [0.25, 0.3) is 22.6 Å². The molecule has 1 aliphatic rings. The molecule has 166 valence electrons. The summed E-state index contributed by atoms with van der Waals surface area (Å²) in [5, 5.41) is 7.86. The van der Waals surface area contributed by atoms with Crippen molar-refractivity contribution in [3.8, 4) is 22.6 Å². The fourth-order valence-corrected chi connectivity index (χ4v) is 3.50. The summed E-state index contributed by atoms with van der Waals surface area (Å²) in [5.74, 6) is 2.20. The number of nitrogens with two attached hydrogens (primary N) is 1. The van der Waals surface area contributed by atoms with Crippen molar-refractivity contribution in [1.82, 2.24) is 24.7 Å². The normalized spacial score (nSPS) is 14.6. The van der Waals surface area contributed by atoms with Crippen LogP contribution in [0.3, 0.4) is 0 Å². The van der Waals surface area contributed by atoms with Crippen molar-refractivity contribution in [3.63, 3.8) is 0 Å². The van der Waals surface area contributed by atoms with E-state index in [9.17, 15) is 0 Å². The number of aryl methyl sites for hydroxylation is 1. The van der Waals surface area contributed by atoms with Crippen LogP contribution in [0.1, 0.15) is 19.4 Å². The van der Waals surface area contributed by atoms with Crippen LogP contribution in [-0.4, -0.2) is 42.8 Å². The summed E-state index contributed by atoms with van der Waals surface area (Å²) in [6, 6.07) is 17.6. The van der Waals surface area contributed by atoms with Gasteiger partial charge in [0.05, 0.1) is 11.2 Å². The quantitative estimate of drug-likeness (QED) is 0.484. The maximum absolute atomic E-state index is 5.72. The first-order valence-corrected chi connectivity index (χ1v) is 10.6. The largest absolute Gasteiger partial charge is 0.475 e. The smallest absolute Gasteiger partial charge is 0.225 e. The van der Waals surface area contributed by atoms with Crippen LogP contribution in [0, 0.1) is 0 Å². The lowest BCUT2D eigenvalue weighted by molar-refractivity contribution is 0.279. The van der Waals surface area contributed by atoms with Gasteiger partial charge in [-0.2, -0.15) is 4.98 Å². The molecule has 3 N–H and O–H groups in total. The van der Waals surface area contributed by atoms with Gasteiger partial charge in [-0.25, -0.2) is 19.6 Å². The highest BCUT2D eigenvalue weighted by Gasteiger charge is 2.27. The zero-order valence-corrected chi connectivity index (χ0v) is 18.6. The number of aromatic nitrogens is 5. The third-order valence-corrected chi connectivity index (χ3v) is 5.23. The summed E-state index contributed by atoms with van der Waals surface area (Å²) >= 11 is 0. The third kappa shape index (κ3) is 4.38. The van der Waals surface area contributed by atoms with E-state index in [-0.39, 0.29) is 11.5 Å². The number of benzene rings is 2. The van der Waals surface area contributed by atoms with Crippen molar-refractivity contribution in [1.29, 1.82) is 0 Å². The number of hydrogen-bond donors (Lipinski definition) is 2. The van der Waals surface area contributed by atoms with Gasteiger partial charge < -0.3 is 15.8 Å². The van der Waals surface area contributed by atoms with Gasteiger partial charge in [0.1, 0.15) is 6.61 Å². The van der Waals surface area contributed by atoms with Crippen LogP contribution in [0.15, 0.2) is 65.8 Å². The van der Waals surface area contributed by atoms with E-state index in [0.717, 1.165) is 28.1 Å². The van der Waals surface area contributed by atoms with Crippen LogP contribution < -0.4 is 11.1 Å². The van der Waals surface area contributed by atoms with Gasteiger partial charge in [0.2, 0.25) is 17.8 Å². The second-order valence-corrected chi connectivity index (χ2v) is 8.48. The van der Waals surface area contributed by atoms with Gasteiger partial charge in [-0.3, -0.25) is 0 Å². The Kier molecular flexibility index (Phi) is 5.01. The van der Waals surface area contributed by atoms with Gasteiger partial charge in [-0.15, -0.1) is 5.10 Å². The molecule has 0 saturated heterocycles. The lowest BCUT2D eigenvalue weighted by Crippen LogP contribution is -2.17. The van der Waals surface area contributed by atoms with Gasteiger partial charge in [0.15, 0.2) is 5.82 Å². The van der Waals surface area contributed by atoms with E-state index in [1.165, 1.54) is 0 Å². The Bertz CT molecular complexity index is 1320. The molecule has 2 aromatic heterocycles. The number of rotatable bonds is 5. The van der Waals surface area contributed by atoms with Crippen LogP contribution in [0.5, 0.6) is 0 Å². The summed E-state index contributed by atoms with van der Waals surface area (Å²) in [6.07, 6.45) is 1.65. The Balaban J connectivity index is 1.32. The molecule has 0 atom stereocenters. The summed E-state index contributed by atoms with van der Waals surface area (Å²) < 4.78 is 7.44. The summed E-state index contributed by atoms with van der Waals surface area (Å²) in [6.45, 7) is 4.70. The Morgan fingerprint density at radius 2 is 1.64 bits per heavy atom. The van der Waals surface area contributed by atoms with Gasteiger partial charge in [0, 0.05) is 35.6 Å². The molecule has 1 aliphatic heterocycles. The fraction of sp³-hybridized carbons (Fsp3) is 0.208. The number of aliphatic imine (C=N–C) groups is 1. The molecule has 0 amide bonds. The number of ether oxygens (including phenoxy) is 1. The molecule has 3 heterocycles. The molecule has 0 saturated carbocycles. The molecule has 9 nitrogen and oxygen atoms in total. The SMILES string of the molecule is Cn1nc(-c2ccc(C3=NC(C)(C)CO3)cc2)nc1Nc1ccc(-c2ccnc(N)n2)cc1. The minimum atomic E-state index is -0.183. The molecule has 33 heavy (non-hydrogen) atoms. The van der Waals surface area contributed by atoms with Gasteiger partial charge in [-0.1, -0.05) is 24.3 Å². The highest BCUT2D eigenvalue weighted by molar-refractivity contribution is 5.95. The predicted octanol–water partition coefficient (Wildman–Crippen LogP) is 3.82. The number of nitrogens with zero attached hydrogens (tertiary/aromatic N) is 6. The minimum Gasteiger partial charge on any atom is -0.475 e. The molecule has 0 spiro atoms. The average molecular weight is 441 g/mol. The molecule has 0 fully saturated rings. The van der Waals surface area contributed by atoms with Gasteiger partial charge in [0.25, 0.3) is 0 Å². The van der Waals surface area contributed by atoms with E-state index < -0.39 is 0 Å². The number of hydrogen-bond acceptors (Lipinski definition) is 8. The molecular weight excluding hydrogens is 416 g/mol. The maximum atomic E-state index is 5.72. The van der Waals surface area contributed by atoms with Crippen LogP contribution >= 0.6 is 0 Å². The van der Waals surface area contributed by atoms with Crippen molar-refractivity contribution in [3.05, 3.63) is 66.4 Å². The second-order valence-electron chi connectivity index (χ2n) is 8.48. The zero-order chi connectivity index (χ0) is 23.0. The summed E-state index contributed by atoms with van der Waals surface area (Å²) in [4.78, 5) is 17.5. The van der Waals surface area contributed by atoms with Crippen molar-refractivity contribution in [2.45, 2.75) is 19.4 Å². The third-order valence-electron chi connectivity index (χ3n) is 5.23. The standard InChI is InChI=1S/C24H24N8O/c1-24(2)14-33-21(30-24)17-6-4-16(5-7-17)20-29-23(32(3)31-20)27-18-10-8-15(9-11-18)19-12-13-26-22(25)28-19/h4-13H,14H2,1-3H3,(H2,25,26,28)(H,27,29,31). The first-order chi connectivity index (χ1) is 15.9. The van der Waals surface area contributed by atoms with Gasteiger partial charge in [-0.05, 0) is 44.2 Å². The van der Waals surface area contributed by atoms with Crippen LogP contribution in [0.4, 0.5) is 17.6 Å². The molecule has 9 heteroatoms. The average Bonchev–Trinajstić information content (AvgIpc) is 3.36. The van der Waals surface area contributed by atoms with Crippen molar-refractivity contribution in [2.24, 2.45) is 12.0 Å². The molecular formula is C24H24N8O. The first kappa shape index (κ1) is 20.6. The molecule has 0 unspecified atom stereocenters. The minimum absolute atomic E-state index is 0.183. The predicted molar refractivity (Wildman–Crippen MR) is 128 cm³/mol. The van der Waals surface area contributed by atoms with E-state index in [4.69, 9.17) is 10.5 Å². The van der Waals surface area contributed by atoms with E-state index in [1.54, 1.807) is 10.9 Å². The Hall–Kier alpha value is -4.27. The van der Waals surface area contributed by atoms with Crippen LogP contribution in [0.2, 0.25) is 0 Å². The Morgan fingerprint density at radius 1 is 0.939 bits per heavy atom.